The van der Waals surface area contributed by atoms with Gasteiger partial charge < -0.3 is 10.1 Å². The summed E-state index contributed by atoms with van der Waals surface area (Å²) in [5.74, 6) is -0.263. The van der Waals surface area contributed by atoms with E-state index in [1.807, 2.05) is 38.1 Å². The van der Waals surface area contributed by atoms with E-state index in [2.05, 4.69) is 25.5 Å². The summed E-state index contributed by atoms with van der Waals surface area (Å²) < 4.78 is 0.840. The molecule has 4 rings (SSSR count). The van der Waals surface area contributed by atoms with Crippen LogP contribution in [0.4, 0.5) is 5.69 Å². The van der Waals surface area contributed by atoms with E-state index in [0.717, 1.165) is 25.0 Å². The minimum absolute atomic E-state index is 0.0780. The van der Waals surface area contributed by atoms with Gasteiger partial charge in [0.15, 0.2) is 11.4 Å². The second-order valence-electron chi connectivity index (χ2n) is 5.41. The maximum Gasteiger partial charge on any atom is 0.278 e. The van der Waals surface area contributed by atoms with Crippen molar-refractivity contribution in [1.29, 1.82) is 0 Å². The van der Waals surface area contributed by atoms with Gasteiger partial charge in [0.05, 0.1) is 9.75 Å². The lowest BCUT2D eigenvalue weighted by Gasteiger charge is -1.96. The highest BCUT2D eigenvalue weighted by molar-refractivity contribution is 8.28. The van der Waals surface area contributed by atoms with Gasteiger partial charge >= 0.3 is 0 Å². The molecule has 0 saturated carbocycles. The number of nitrogens with one attached hydrogen (secondary N) is 2. The summed E-state index contributed by atoms with van der Waals surface area (Å²) in [5.41, 5.74) is 1.42. The number of H-pyrrole nitrogens is 1. The Hall–Kier alpha value is -2.52. The molecule has 7 nitrogen and oxygen atoms in total. The molecule has 0 bridgehead atoms. The largest absolute Gasteiger partial charge is 0.493 e. The minimum atomic E-state index is -0.297. The second kappa shape index (κ2) is 6.08. The Labute approximate surface area is 151 Å². The number of carbonyl (C=O) groups excluding carboxylic acids is 1. The number of aliphatic imine (C=N–C) groups is 1. The molecule has 0 atom stereocenters. The molecule has 0 spiro atoms. The van der Waals surface area contributed by atoms with Gasteiger partial charge in [-0.25, -0.2) is 4.99 Å². The first-order valence-electron chi connectivity index (χ1n) is 7.42. The van der Waals surface area contributed by atoms with E-state index < -0.39 is 0 Å². The molecule has 2 aliphatic rings. The first kappa shape index (κ1) is 16.0. The average molecular weight is 371 g/mol. The molecule has 1 amide bonds. The number of nitrogens with zero attached hydrogens (tertiary/aromatic N) is 3. The molecular weight excluding hydrogens is 358 g/mol. The van der Waals surface area contributed by atoms with Crippen LogP contribution < -0.4 is 5.32 Å². The van der Waals surface area contributed by atoms with E-state index in [-0.39, 0.29) is 17.7 Å². The highest BCUT2D eigenvalue weighted by Crippen LogP contribution is 2.50. The Kier molecular flexibility index (Phi) is 3.89. The summed E-state index contributed by atoms with van der Waals surface area (Å²) in [6.07, 6.45) is 0. The van der Waals surface area contributed by atoms with Crippen molar-refractivity contribution in [3.8, 4) is 5.88 Å². The Balaban J connectivity index is 1.64. The third-order valence-electron chi connectivity index (χ3n) is 3.74. The molecule has 126 valence electrons. The number of fused-ring (bicyclic) bond motifs is 1. The van der Waals surface area contributed by atoms with E-state index in [1.54, 1.807) is 0 Å². The fraction of sp³-hybridized carbons (Fsp3) is 0.125. The monoisotopic (exact) mass is 371 g/mol. The number of thioether (sulfide) groups is 2. The van der Waals surface area contributed by atoms with Crippen LogP contribution in [0.3, 0.4) is 0 Å². The van der Waals surface area contributed by atoms with Crippen LogP contribution in [0.5, 0.6) is 5.88 Å². The summed E-state index contributed by atoms with van der Waals surface area (Å²) in [7, 11) is 0. The minimum Gasteiger partial charge on any atom is -0.493 e. The number of carbonyl (C=O) groups is 1. The number of hydrogen-bond acceptors (Lipinski definition) is 7. The van der Waals surface area contributed by atoms with Crippen molar-refractivity contribution in [2.75, 3.05) is 0 Å². The third-order valence-corrected chi connectivity index (χ3v) is 6.35. The zero-order chi connectivity index (χ0) is 17.6. The fourth-order valence-electron chi connectivity index (χ4n) is 2.38. The summed E-state index contributed by atoms with van der Waals surface area (Å²) >= 11 is 3.07. The van der Waals surface area contributed by atoms with Crippen molar-refractivity contribution in [3.05, 3.63) is 44.0 Å². The predicted molar refractivity (Wildman–Crippen MR) is 101 cm³/mol. The van der Waals surface area contributed by atoms with Crippen LogP contribution in [0.2, 0.25) is 0 Å². The standard InChI is InChI=1S/C16H13N5O2S2/c1-7-8(2)25-15(24-7)12-14(23)19-16(18-12)21-20-11-9-5-3-4-6-10(9)17-13(11)22/h3-6,17,22H,1-2H3,(H,18,19,23). The van der Waals surface area contributed by atoms with Crippen LogP contribution in [0.15, 0.2) is 59.2 Å². The van der Waals surface area contributed by atoms with Crippen LogP contribution >= 0.6 is 23.5 Å². The maximum absolute atomic E-state index is 12.1. The third kappa shape index (κ3) is 2.85. The number of allylic oxidation sites excluding steroid dienone is 2. The Morgan fingerprint density at radius 2 is 1.84 bits per heavy atom. The molecule has 2 aromatic rings. The Morgan fingerprint density at radius 3 is 2.60 bits per heavy atom. The van der Waals surface area contributed by atoms with Crippen LogP contribution in [0.25, 0.3) is 10.9 Å². The number of para-hydroxylation sites is 1. The molecule has 25 heavy (non-hydrogen) atoms. The van der Waals surface area contributed by atoms with Gasteiger partial charge in [-0.05, 0) is 29.7 Å². The maximum atomic E-state index is 12.1. The van der Waals surface area contributed by atoms with Crippen molar-refractivity contribution in [3.63, 3.8) is 0 Å². The number of aromatic amines is 1. The number of rotatable bonds is 1. The van der Waals surface area contributed by atoms with Crippen molar-refractivity contribution < 1.29 is 9.90 Å². The number of guanidine groups is 1. The lowest BCUT2D eigenvalue weighted by Crippen LogP contribution is -2.22. The number of aromatic hydroxyl groups is 1. The fourth-order valence-corrected chi connectivity index (χ4v) is 4.86. The molecule has 3 heterocycles. The van der Waals surface area contributed by atoms with Crippen LogP contribution in [-0.4, -0.2) is 22.0 Å². The van der Waals surface area contributed by atoms with E-state index in [1.165, 1.54) is 23.5 Å². The van der Waals surface area contributed by atoms with Crippen molar-refractivity contribution in [2.45, 2.75) is 13.8 Å². The van der Waals surface area contributed by atoms with E-state index in [9.17, 15) is 9.90 Å². The lowest BCUT2D eigenvalue weighted by atomic mass is 10.2. The van der Waals surface area contributed by atoms with E-state index in [4.69, 9.17) is 0 Å². The van der Waals surface area contributed by atoms with Gasteiger partial charge in [-0.15, -0.1) is 10.2 Å². The summed E-state index contributed by atoms with van der Waals surface area (Å²) in [4.78, 5) is 21.5. The molecule has 1 aromatic heterocycles. The zero-order valence-electron chi connectivity index (χ0n) is 13.3. The molecule has 0 saturated heterocycles. The predicted octanol–water partition coefficient (Wildman–Crippen LogP) is 4.34. The van der Waals surface area contributed by atoms with Gasteiger partial charge in [-0.1, -0.05) is 41.7 Å². The molecule has 0 radical (unpaired) electrons. The normalized spacial score (nSPS) is 18.0. The molecule has 2 aliphatic heterocycles. The van der Waals surface area contributed by atoms with Gasteiger partial charge in [-0.3, -0.25) is 10.1 Å². The second-order valence-corrected chi connectivity index (χ2v) is 8.12. The van der Waals surface area contributed by atoms with Gasteiger partial charge in [0.2, 0.25) is 11.8 Å². The number of aromatic nitrogens is 1. The number of azo groups is 1. The molecule has 0 unspecified atom stereocenters. The number of hydrogen-bond donors (Lipinski definition) is 3. The molecule has 9 heteroatoms. The van der Waals surface area contributed by atoms with Gasteiger partial charge in [-0.2, -0.15) is 0 Å². The summed E-state index contributed by atoms with van der Waals surface area (Å²) in [6.45, 7) is 4.02. The topological polar surface area (TPSA) is 102 Å². The highest BCUT2D eigenvalue weighted by atomic mass is 32.2. The molecular formula is C16H13N5O2S2. The molecule has 3 N–H and O–H groups in total. The molecule has 0 fully saturated rings. The van der Waals surface area contributed by atoms with Crippen LogP contribution in [0.1, 0.15) is 13.8 Å². The van der Waals surface area contributed by atoms with E-state index >= 15 is 0 Å². The summed E-state index contributed by atoms with van der Waals surface area (Å²) in [6, 6.07) is 7.36. The SMILES string of the molecule is CC1=C(C)SC(=C2N=C(N=Nc3c(O)[nH]c4ccccc34)NC2=O)S1. The van der Waals surface area contributed by atoms with Gasteiger partial charge in [0.1, 0.15) is 0 Å². The van der Waals surface area contributed by atoms with Crippen molar-refractivity contribution in [1.82, 2.24) is 10.3 Å². The van der Waals surface area contributed by atoms with Crippen LogP contribution in [0, 0.1) is 0 Å². The first-order valence-corrected chi connectivity index (χ1v) is 9.05. The van der Waals surface area contributed by atoms with Gasteiger partial charge in [0.25, 0.3) is 5.91 Å². The zero-order valence-corrected chi connectivity index (χ0v) is 15.0. The smallest absolute Gasteiger partial charge is 0.278 e. The quantitative estimate of drug-likeness (QED) is 0.512. The van der Waals surface area contributed by atoms with Gasteiger partial charge in [0, 0.05) is 5.39 Å². The number of amides is 1. The van der Waals surface area contributed by atoms with Crippen LogP contribution in [-0.2, 0) is 4.79 Å². The Morgan fingerprint density at radius 1 is 1.12 bits per heavy atom. The number of benzene rings is 1. The van der Waals surface area contributed by atoms with Crippen molar-refractivity contribution >= 4 is 52.0 Å². The van der Waals surface area contributed by atoms with E-state index in [0.29, 0.717) is 11.4 Å². The lowest BCUT2D eigenvalue weighted by molar-refractivity contribution is -0.115. The average Bonchev–Trinajstić information content (AvgIpc) is 3.21. The Bertz CT molecular complexity index is 1020. The molecule has 0 aliphatic carbocycles. The van der Waals surface area contributed by atoms with Crippen molar-refractivity contribution in [2.24, 2.45) is 15.2 Å². The highest BCUT2D eigenvalue weighted by Gasteiger charge is 2.28. The molecule has 1 aromatic carbocycles. The summed E-state index contributed by atoms with van der Waals surface area (Å²) in [5, 5.41) is 21.4. The first-order chi connectivity index (χ1) is 12.0.